The number of ether oxygens (including phenoxy) is 3. The van der Waals surface area contributed by atoms with Crippen LogP contribution in [0.15, 0.2) is 36.8 Å². The Kier molecular flexibility index (Phi) is 6.11. The third-order valence-electron chi connectivity index (χ3n) is 6.99. The van der Waals surface area contributed by atoms with Crippen molar-refractivity contribution in [3.8, 4) is 17.1 Å². The number of amides is 2. The molecule has 2 atom stereocenters. The van der Waals surface area contributed by atoms with Gasteiger partial charge in [0, 0.05) is 30.5 Å². The van der Waals surface area contributed by atoms with E-state index in [2.05, 4.69) is 38.2 Å². The molecule has 1 N–H and O–H groups in total. The molecule has 11 nitrogen and oxygen atoms in total. The molecule has 198 valence electrons. The smallest absolute Gasteiger partial charge is 0.329 e. The van der Waals surface area contributed by atoms with Crippen LogP contribution in [-0.4, -0.2) is 70.2 Å². The van der Waals surface area contributed by atoms with E-state index in [1.807, 2.05) is 32.9 Å². The number of urea groups is 1. The average molecular weight is 518 g/mol. The Balaban J connectivity index is 1.23. The monoisotopic (exact) mass is 517 g/mol. The van der Waals surface area contributed by atoms with Crippen LogP contribution in [0.25, 0.3) is 11.3 Å². The molecule has 3 aliphatic heterocycles. The molecule has 6 rings (SSSR count). The van der Waals surface area contributed by atoms with Crippen molar-refractivity contribution in [2.75, 3.05) is 41.4 Å². The lowest BCUT2D eigenvalue weighted by molar-refractivity contribution is -0.141. The van der Waals surface area contributed by atoms with E-state index in [-0.39, 0.29) is 24.8 Å². The van der Waals surface area contributed by atoms with Crippen LogP contribution in [0, 0.1) is 13.8 Å². The zero-order valence-corrected chi connectivity index (χ0v) is 22.0. The number of aryl methyl sites for hydroxylation is 2. The van der Waals surface area contributed by atoms with Gasteiger partial charge in [0.2, 0.25) is 5.88 Å². The van der Waals surface area contributed by atoms with Crippen molar-refractivity contribution < 1.29 is 19.0 Å². The number of nitrogens with zero attached hydrogens (tertiary/aromatic N) is 6. The minimum absolute atomic E-state index is 0.0139. The van der Waals surface area contributed by atoms with Gasteiger partial charge in [0.15, 0.2) is 17.4 Å². The summed E-state index contributed by atoms with van der Waals surface area (Å²) < 4.78 is 17.1. The van der Waals surface area contributed by atoms with Gasteiger partial charge >= 0.3 is 6.03 Å². The molecule has 2 bridgehead atoms. The minimum Gasteiger partial charge on any atom is -0.474 e. The summed E-state index contributed by atoms with van der Waals surface area (Å²) in [7, 11) is 0. The van der Waals surface area contributed by atoms with Crippen molar-refractivity contribution in [3.05, 3.63) is 48.0 Å². The first-order valence-electron chi connectivity index (χ1n) is 12.8. The van der Waals surface area contributed by atoms with Gasteiger partial charge in [0.05, 0.1) is 36.4 Å². The van der Waals surface area contributed by atoms with E-state index in [1.54, 1.807) is 11.1 Å². The summed E-state index contributed by atoms with van der Waals surface area (Å²) in [6, 6.07) is 5.79. The van der Waals surface area contributed by atoms with E-state index in [9.17, 15) is 4.79 Å². The molecule has 0 saturated carbocycles. The van der Waals surface area contributed by atoms with Crippen LogP contribution in [0.1, 0.15) is 31.5 Å². The molecular formula is C27H31N7O4. The predicted molar refractivity (Wildman–Crippen MR) is 141 cm³/mol. The van der Waals surface area contributed by atoms with Gasteiger partial charge in [-0.1, -0.05) is 0 Å². The van der Waals surface area contributed by atoms with Gasteiger partial charge in [-0.15, -0.1) is 0 Å². The molecule has 2 amide bonds. The highest BCUT2D eigenvalue weighted by molar-refractivity contribution is 6.04. The maximum absolute atomic E-state index is 13.7. The molecule has 6 heterocycles. The van der Waals surface area contributed by atoms with Crippen molar-refractivity contribution in [1.82, 2.24) is 19.9 Å². The maximum atomic E-state index is 13.7. The number of hydrogen-bond acceptors (Lipinski definition) is 9. The molecule has 0 aliphatic carbocycles. The summed E-state index contributed by atoms with van der Waals surface area (Å²) in [4.78, 5) is 35.7. The van der Waals surface area contributed by atoms with Gasteiger partial charge in [-0.25, -0.2) is 9.78 Å². The zero-order chi connectivity index (χ0) is 26.4. The number of hydrogen-bond donors (Lipinski definition) is 1. The first kappa shape index (κ1) is 24.5. The highest BCUT2D eigenvalue weighted by Crippen LogP contribution is 2.41. The molecule has 0 spiro atoms. The van der Waals surface area contributed by atoms with E-state index in [4.69, 9.17) is 19.2 Å². The third kappa shape index (κ3) is 4.74. The summed E-state index contributed by atoms with van der Waals surface area (Å²) in [5.74, 6) is 0.619. The predicted octanol–water partition coefficient (Wildman–Crippen LogP) is 3.71. The van der Waals surface area contributed by atoms with Crippen molar-refractivity contribution in [1.29, 1.82) is 0 Å². The normalized spacial score (nSPS) is 21.4. The first-order valence-corrected chi connectivity index (χ1v) is 12.8. The van der Waals surface area contributed by atoms with Crippen LogP contribution in [0.3, 0.4) is 0 Å². The van der Waals surface area contributed by atoms with Crippen LogP contribution < -0.4 is 19.9 Å². The zero-order valence-electron chi connectivity index (χ0n) is 22.0. The van der Waals surface area contributed by atoms with Gasteiger partial charge in [-0.3, -0.25) is 20.2 Å². The fraction of sp³-hybridized carbons (Fsp3) is 0.444. The summed E-state index contributed by atoms with van der Waals surface area (Å²) in [5.41, 5.74) is 4.74. The number of carbonyl (C=O) groups is 1. The Morgan fingerprint density at radius 1 is 1.24 bits per heavy atom. The lowest BCUT2D eigenvalue weighted by atomic mass is 10.0. The Labute approximate surface area is 221 Å². The summed E-state index contributed by atoms with van der Waals surface area (Å²) >= 11 is 0. The highest BCUT2D eigenvalue weighted by atomic mass is 16.7. The molecule has 0 aromatic carbocycles. The van der Waals surface area contributed by atoms with Gasteiger partial charge in [-0.05, 0) is 57.9 Å². The number of fused-ring (bicyclic) bond motifs is 4. The number of anilines is 3. The van der Waals surface area contributed by atoms with Crippen LogP contribution in [-0.2, 0) is 9.47 Å². The van der Waals surface area contributed by atoms with Crippen LogP contribution >= 0.6 is 0 Å². The van der Waals surface area contributed by atoms with Gasteiger partial charge in [0.25, 0.3) is 0 Å². The number of aromatic nitrogens is 4. The lowest BCUT2D eigenvalue weighted by Crippen LogP contribution is -2.48. The van der Waals surface area contributed by atoms with Crippen LogP contribution in [0.5, 0.6) is 5.88 Å². The fourth-order valence-corrected chi connectivity index (χ4v) is 5.26. The van der Waals surface area contributed by atoms with Gasteiger partial charge in [-0.2, -0.15) is 4.98 Å². The largest absolute Gasteiger partial charge is 0.474 e. The molecule has 11 heteroatoms. The molecule has 3 aliphatic rings. The fourth-order valence-electron chi connectivity index (χ4n) is 5.26. The van der Waals surface area contributed by atoms with Gasteiger partial charge in [0.1, 0.15) is 12.7 Å². The third-order valence-corrected chi connectivity index (χ3v) is 6.99. The van der Waals surface area contributed by atoms with Crippen LogP contribution in [0.2, 0.25) is 0 Å². The first-order chi connectivity index (χ1) is 18.3. The molecule has 2 saturated heterocycles. The molecule has 3 aromatic rings. The molecule has 2 fully saturated rings. The molecule has 0 unspecified atom stereocenters. The minimum atomic E-state index is -0.626. The second-order valence-electron chi connectivity index (χ2n) is 10.4. The number of rotatable bonds is 5. The molecule has 3 aromatic heterocycles. The Morgan fingerprint density at radius 3 is 2.89 bits per heavy atom. The standard InChI is InChI=1S/C27H31N7O4/c1-16-9-21-25(32-24(16)18-5-7-29-17(2)10-18)34(19-6-8-33(21)13-19)26(35)31-22-11-28-12-23(30-22)36-14-20-15-37-27(3,4)38-20/h5,7,9-12,19-20H,6,8,13-15H2,1-4H3,(H,30,31,35)/t19-,20+/m0/s1. The summed E-state index contributed by atoms with van der Waals surface area (Å²) in [5, 5.41) is 2.91. The second-order valence-corrected chi connectivity index (χ2v) is 10.4. The summed E-state index contributed by atoms with van der Waals surface area (Å²) in [6.07, 6.45) is 5.45. The van der Waals surface area contributed by atoms with Crippen molar-refractivity contribution in [2.45, 2.75) is 52.0 Å². The number of pyridine rings is 2. The van der Waals surface area contributed by atoms with E-state index >= 15 is 0 Å². The molecular weight excluding hydrogens is 486 g/mol. The van der Waals surface area contributed by atoms with Crippen molar-refractivity contribution in [2.24, 2.45) is 0 Å². The van der Waals surface area contributed by atoms with E-state index < -0.39 is 5.79 Å². The van der Waals surface area contributed by atoms with Gasteiger partial charge < -0.3 is 19.1 Å². The van der Waals surface area contributed by atoms with E-state index in [1.165, 1.54) is 12.4 Å². The maximum Gasteiger partial charge on any atom is 0.329 e. The van der Waals surface area contributed by atoms with Crippen molar-refractivity contribution >= 4 is 23.4 Å². The Hall–Kier alpha value is -3.83. The molecule has 0 radical (unpaired) electrons. The Bertz CT molecular complexity index is 1380. The average Bonchev–Trinajstić information content (AvgIpc) is 3.46. The number of carbonyl (C=O) groups excluding carboxylic acids is 1. The Morgan fingerprint density at radius 2 is 2.11 bits per heavy atom. The summed E-state index contributed by atoms with van der Waals surface area (Å²) in [6.45, 7) is 10.1. The van der Waals surface area contributed by atoms with Crippen molar-refractivity contribution in [3.63, 3.8) is 0 Å². The second kappa shape index (κ2) is 9.48. The lowest BCUT2D eigenvalue weighted by Gasteiger charge is -2.36. The highest BCUT2D eigenvalue weighted by Gasteiger charge is 2.41. The quantitative estimate of drug-likeness (QED) is 0.541. The molecule has 38 heavy (non-hydrogen) atoms. The number of nitrogens with one attached hydrogen (secondary N) is 1. The van der Waals surface area contributed by atoms with Crippen LogP contribution in [0.4, 0.5) is 22.1 Å². The topological polar surface area (TPSA) is 115 Å². The van der Waals surface area contributed by atoms with E-state index in [0.717, 1.165) is 47.7 Å². The van der Waals surface area contributed by atoms with E-state index in [0.29, 0.717) is 24.1 Å². The SMILES string of the molecule is Cc1cc(-c2nc3c(cc2C)N2CC[C@@H](C2)N3C(=O)Nc2cncc(OC[C@@H]3COC(C)(C)O3)n2)ccn1.